The first kappa shape index (κ1) is 13.8. The number of pyridine rings is 1. The number of hydrogen-bond donors (Lipinski definition) is 1. The molecular weight excluding hydrogens is 246 g/mol. The lowest BCUT2D eigenvalue weighted by molar-refractivity contribution is 0.0656. The lowest BCUT2D eigenvalue weighted by atomic mass is 10.1. The predicted molar refractivity (Wildman–Crippen MR) is 69.8 cm³/mol. The summed E-state index contributed by atoms with van der Waals surface area (Å²) in [5, 5.41) is 9.09. The van der Waals surface area contributed by atoms with E-state index < -0.39 is 5.97 Å². The lowest BCUT2D eigenvalue weighted by Gasteiger charge is -2.13. The second kappa shape index (κ2) is 6.02. The topological polar surface area (TPSA) is 68.7 Å². The molecular formula is C14H19NO4. The predicted octanol–water partition coefficient (Wildman–Crippen LogP) is 2.46. The van der Waals surface area contributed by atoms with Crippen molar-refractivity contribution in [1.82, 2.24) is 4.98 Å². The summed E-state index contributed by atoms with van der Waals surface area (Å²) in [7, 11) is 0. The van der Waals surface area contributed by atoms with Crippen LogP contribution < -0.4 is 4.74 Å². The molecule has 1 aromatic heterocycles. The van der Waals surface area contributed by atoms with E-state index in [1.54, 1.807) is 6.07 Å². The van der Waals surface area contributed by atoms with Crippen molar-refractivity contribution in [3.05, 3.63) is 23.4 Å². The molecule has 0 bridgehead atoms. The highest BCUT2D eigenvalue weighted by Gasteiger charge is 2.17. The van der Waals surface area contributed by atoms with E-state index in [1.165, 1.54) is 6.07 Å². The van der Waals surface area contributed by atoms with Gasteiger partial charge in [0.05, 0.1) is 11.7 Å². The van der Waals surface area contributed by atoms with Crippen molar-refractivity contribution in [3.8, 4) is 5.88 Å². The second-order valence-electron chi connectivity index (χ2n) is 5.02. The van der Waals surface area contributed by atoms with Crippen LogP contribution in [0.1, 0.15) is 48.7 Å². The molecule has 19 heavy (non-hydrogen) atoms. The molecule has 1 fully saturated rings. The van der Waals surface area contributed by atoms with Crippen molar-refractivity contribution in [2.75, 3.05) is 13.2 Å². The molecule has 5 heteroatoms. The Morgan fingerprint density at radius 2 is 2.37 bits per heavy atom. The first-order valence-electron chi connectivity index (χ1n) is 6.56. The van der Waals surface area contributed by atoms with E-state index in [1.807, 2.05) is 13.8 Å². The monoisotopic (exact) mass is 265 g/mol. The van der Waals surface area contributed by atoms with Gasteiger partial charge in [0.1, 0.15) is 6.61 Å². The zero-order valence-corrected chi connectivity index (χ0v) is 11.3. The van der Waals surface area contributed by atoms with Crippen molar-refractivity contribution in [1.29, 1.82) is 0 Å². The third-order valence-electron chi connectivity index (χ3n) is 3.10. The quantitative estimate of drug-likeness (QED) is 0.885. The molecule has 0 aliphatic carbocycles. The van der Waals surface area contributed by atoms with Crippen LogP contribution in [0.25, 0.3) is 0 Å². The molecule has 2 heterocycles. The van der Waals surface area contributed by atoms with Gasteiger partial charge in [-0.05, 0) is 24.8 Å². The van der Waals surface area contributed by atoms with E-state index in [-0.39, 0.29) is 17.6 Å². The number of carboxylic acid groups (broad SMARTS) is 1. The van der Waals surface area contributed by atoms with Crippen LogP contribution in [0.2, 0.25) is 0 Å². The Bertz CT molecular complexity index is 453. The number of carboxylic acids is 1. The zero-order valence-electron chi connectivity index (χ0n) is 11.3. The molecule has 0 saturated carbocycles. The molecule has 1 unspecified atom stereocenters. The van der Waals surface area contributed by atoms with E-state index in [2.05, 4.69) is 4.98 Å². The number of hydrogen-bond acceptors (Lipinski definition) is 4. The van der Waals surface area contributed by atoms with Gasteiger partial charge in [0, 0.05) is 18.4 Å². The minimum absolute atomic E-state index is 0.0952. The zero-order chi connectivity index (χ0) is 13.8. The molecule has 104 valence electrons. The Labute approximate surface area is 112 Å². The Balaban J connectivity index is 2.11. The summed E-state index contributed by atoms with van der Waals surface area (Å²) in [4.78, 5) is 15.4. The molecule has 5 nitrogen and oxygen atoms in total. The first-order chi connectivity index (χ1) is 9.06. The summed E-state index contributed by atoms with van der Waals surface area (Å²) in [6, 6.07) is 3.05. The molecule has 2 rings (SSSR count). The fourth-order valence-corrected chi connectivity index (χ4v) is 1.97. The molecule has 1 N–H and O–H groups in total. The number of ether oxygens (including phenoxy) is 2. The fraction of sp³-hybridized carbons (Fsp3) is 0.571. The van der Waals surface area contributed by atoms with Gasteiger partial charge in [-0.15, -0.1) is 0 Å². The van der Waals surface area contributed by atoms with Crippen LogP contribution in [0.15, 0.2) is 12.1 Å². The third-order valence-corrected chi connectivity index (χ3v) is 3.10. The van der Waals surface area contributed by atoms with Gasteiger partial charge >= 0.3 is 5.97 Å². The van der Waals surface area contributed by atoms with Crippen LogP contribution in [0, 0.1) is 0 Å². The highest BCUT2D eigenvalue weighted by atomic mass is 16.5. The summed E-state index contributed by atoms with van der Waals surface area (Å²) in [6.45, 7) is 5.14. The van der Waals surface area contributed by atoms with Gasteiger partial charge in [-0.25, -0.2) is 9.78 Å². The van der Waals surface area contributed by atoms with Gasteiger partial charge in [0.25, 0.3) is 0 Å². The summed E-state index contributed by atoms with van der Waals surface area (Å²) >= 11 is 0. The Morgan fingerprint density at radius 1 is 1.58 bits per heavy atom. The third kappa shape index (κ3) is 3.67. The van der Waals surface area contributed by atoms with E-state index in [0.29, 0.717) is 12.5 Å². The fourth-order valence-electron chi connectivity index (χ4n) is 1.97. The summed E-state index contributed by atoms with van der Waals surface area (Å²) in [5.41, 5.74) is 0.934. The molecule has 1 aliphatic heterocycles. The first-order valence-corrected chi connectivity index (χ1v) is 6.56. The molecule has 0 aromatic carbocycles. The summed E-state index contributed by atoms with van der Waals surface area (Å²) < 4.78 is 11.0. The van der Waals surface area contributed by atoms with Crippen LogP contribution in [-0.4, -0.2) is 35.4 Å². The van der Waals surface area contributed by atoms with Crippen LogP contribution in [0.3, 0.4) is 0 Å². The van der Waals surface area contributed by atoms with Crippen molar-refractivity contribution in [3.63, 3.8) is 0 Å². The molecule has 1 atom stereocenters. The van der Waals surface area contributed by atoms with Crippen molar-refractivity contribution >= 4 is 5.97 Å². The van der Waals surface area contributed by atoms with Gasteiger partial charge in [-0.2, -0.15) is 0 Å². The summed E-state index contributed by atoms with van der Waals surface area (Å²) in [6.07, 6.45) is 2.13. The maximum absolute atomic E-state index is 11.1. The van der Waals surface area contributed by atoms with Crippen LogP contribution >= 0.6 is 0 Å². The number of carbonyl (C=O) groups is 1. The minimum Gasteiger partial charge on any atom is -0.478 e. The number of nitrogens with zero attached hydrogens (tertiary/aromatic N) is 1. The number of rotatable bonds is 5. The maximum atomic E-state index is 11.1. The number of aromatic nitrogens is 1. The molecule has 1 saturated heterocycles. The second-order valence-corrected chi connectivity index (χ2v) is 5.02. The van der Waals surface area contributed by atoms with E-state index in [9.17, 15) is 4.79 Å². The van der Waals surface area contributed by atoms with Gasteiger partial charge in [0.15, 0.2) is 0 Å². The van der Waals surface area contributed by atoms with Gasteiger partial charge in [-0.3, -0.25) is 0 Å². The number of aromatic carboxylic acids is 1. The minimum atomic E-state index is -0.966. The van der Waals surface area contributed by atoms with Crippen molar-refractivity contribution in [2.24, 2.45) is 0 Å². The molecule has 0 radical (unpaired) electrons. The van der Waals surface area contributed by atoms with Crippen LogP contribution in [-0.2, 0) is 4.74 Å². The van der Waals surface area contributed by atoms with E-state index >= 15 is 0 Å². The smallest absolute Gasteiger partial charge is 0.335 e. The lowest BCUT2D eigenvalue weighted by Crippen LogP contribution is -2.17. The van der Waals surface area contributed by atoms with Crippen molar-refractivity contribution in [2.45, 2.75) is 38.7 Å². The Kier molecular flexibility index (Phi) is 4.37. The maximum Gasteiger partial charge on any atom is 0.335 e. The van der Waals surface area contributed by atoms with Gasteiger partial charge in [-0.1, -0.05) is 13.8 Å². The molecule has 0 amide bonds. The molecule has 1 aliphatic rings. The summed E-state index contributed by atoms with van der Waals surface area (Å²) in [5.74, 6) is -0.449. The van der Waals surface area contributed by atoms with Crippen LogP contribution in [0.5, 0.6) is 5.88 Å². The Hall–Kier alpha value is -1.62. The van der Waals surface area contributed by atoms with Crippen LogP contribution in [0.4, 0.5) is 0 Å². The SMILES string of the molecule is CC(C)c1cc(C(=O)O)cc(OCC2CCCO2)n1. The van der Waals surface area contributed by atoms with Gasteiger partial charge in [0.2, 0.25) is 5.88 Å². The average Bonchev–Trinajstić information content (AvgIpc) is 2.89. The molecule has 0 spiro atoms. The van der Waals surface area contributed by atoms with E-state index in [0.717, 1.165) is 25.1 Å². The molecule has 1 aromatic rings. The standard InChI is InChI=1S/C14H19NO4/c1-9(2)12-6-10(14(16)17)7-13(15-12)19-8-11-4-3-5-18-11/h6-7,9,11H,3-5,8H2,1-2H3,(H,16,17). The van der Waals surface area contributed by atoms with E-state index in [4.69, 9.17) is 14.6 Å². The largest absolute Gasteiger partial charge is 0.478 e. The normalized spacial score (nSPS) is 18.8. The Morgan fingerprint density at radius 3 is 2.95 bits per heavy atom. The highest BCUT2D eigenvalue weighted by Crippen LogP contribution is 2.20. The average molecular weight is 265 g/mol. The van der Waals surface area contributed by atoms with Crippen molar-refractivity contribution < 1.29 is 19.4 Å². The van der Waals surface area contributed by atoms with Gasteiger partial charge < -0.3 is 14.6 Å². The highest BCUT2D eigenvalue weighted by molar-refractivity contribution is 5.88.